The molecule has 10 atom stereocenters. The number of nitrogens with zero attached hydrogens (tertiary/aromatic N) is 1. The number of anilines is 1. The van der Waals surface area contributed by atoms with Crippen molar-refractivity contribution < 1.29 is 53.4 Å². The average Bonchev–Trinajstić information content (AvgIpc) is 3.50. The number of likely N-dealkylation sites (N-methyl/N-ethyl adjacent to an activating group) is 1. The van der Waals surface area contributed by atoms with Gasteiger partial charge in [0.15, 0.2) is 28.8 Å². The summed E-state index contributed by atoms with van der Waals surface area (Å²) < 4.78 is 30.9. The molecule has 3 aliphatic heterocycles. The molecular formula is C43H52ClN3O11. The maximum absolute atomic E-state index is 14.4. The number of nitrogens with one attached hydrogen (secondary N) is 1. The van der Waals surface area contributed by atoms with Crippen molar-refractivity contribution in [3.05, 3.63) is 52.8 Å². The Bertz CT molecular complexity index is 2040. The van der Waals surface area contributed by atoms with E-state index in [1.165, 1.54) is 25.3 Å². The summed E-state index contributed by atoms with van der Waals surface area (Å²) >= 11 is 6.83. The number of aliphatic hydroxyl groups excluding tert-OH is 2. The molecule has 3 heterocycles. The third kappa shape index (κ3) is 7.76. The predicted octanol–water partition coefficient (Wildman–Crippen LogP) is 4.51. The lowest BCUT2D eigenvalue weighted by Crippen LogP contribution is -2.64. The number of esters is 1. The van der Waals surface area contributed by atoms with Gasteiger partial charge in [0, 0.05) is 48.4 Å². The first-order valence-corrected chi connectivity index (χ1v) is 20.0. The van der Waals surface area contributed by atoms with Crippen LogP contribution in [0.4, 0.5) is 5.69 Å². The fourth-order valence-corrected chi connectivity index (χ4v) is 10.0. The first kappa shape index (κ1) is 41.8. The standard InChI is InChI=1S/C43H52ClN3O11/c1-21-41(53)46-36-27(16-26(54-6)17-32(36)56-21)30(48)14-24-20-55-35(50)18-29(45)23-12-28(44)39(31(49)13-23)57-34-15-22(24)9-10-25-8-7-11-43(25,34)58-33-19-42(2,3)40(47(4)5)38(52)37(33)51/h12-13,16-17,22,24-25,29,33-34,37-38,40,49,51-52H,1,7-8,11,14-15,18-20,45H2,2-6H3,(H,46,53)/t22?,24-,25?,29-,33+,34+,37-,38-,40-,43?/m0/s1. The van der Waals surface area contributed by atoms with Gasteiger partial charge in [-0.1, -0.05) is 43.9 Å². The normalized spacial score (nSPS) is 32.9. The van der Waals surface area contributed by atoms with Gasteiger partial charge in [0.1, 0.15) is 23.6 Å². The van der Waals surface area contributed by atoms with Gasteiger partial charge in [0.25, 0.3) is 5.91 Å². The summed E-state index contributed by atoms with van der Waals surface area (Å²) in [5.41, 5.74) is 5.45. The molecule has 6 aliphatic rings. The van der Waals surface area contributed by atoms with Crippen LogP contribution in [-0.4, -0.2) is 102 Å². The molecule has 4 bridgehead atoms. The van der Waals surface area contributed by atoms with Gasteiger partial charge in [0.05, 0.1) is 49.0 Å². The Morgan fingerprint density at radius 1 is 1.16 bits per heavy atom. The molecule has 0 aromatic heterocycles. The second-order valence-corrected chi connectivity index (χ2v) is 17.5. The fraction of sp³-hybridized carbons (Fsp3) is 0.558. The third-order valence-electron chi connectivity index (χ3n) is 12.5. The Morgan fingerprint density at radius 2 is 1.91 bits per heavy atom. The van der Waals surface area contributed by atoms with Crippen LogP contribution in [0.25, 0.3) is 0 Å². The number of nitrogens with two attached hydrogens (primary N) is 1. The largest absolute Gasteiger partial charge is 0.504 e. The zero-order chi connectivity index (χ0) is 41.8. The summed E-state index contributed by atoms with van der Waals surface area (Å²) in [6, 6.07) is 4.76. The number of aromatic hydroxyl groups is 1. The number of benzene rings is 2. The Balaban J connectivity index is 1.30. The summed E-state index contributed by atoms with van der Waals surface area (Å²) in [7, 11) is 5.18. The van der Waals surface area contributed by atoms with Crippen LogP contribution in [0.3, 0.4) is 0 Å². The molecule has 3 unspecified atom stereocenters. The molecule has 312 valence electrons. The van der Waals surface area contributed by atoms with E-state index in [1.807, 2.05) is 32.8 Å². The Hall–Kier alpha value is -4.36. The van der Waals surface area contributed by atoms with Gasteiger partial charge >= 0.3 is 5.97 Å². The molecule has 2 saturated carbocycles. The number of ketones is 1. The number of rotatable bonds is 7. The second kappa shape index (κ2) is 16.0. The Labute approximate surface area is 342 Å². The predicted molar refractivity (Wildman–Crippen MR) is 213 cm³/mol. The third-order valence-corrected chi connectivity index (χ3v) is 12.8. The number of halogens is 1. The van der Waals surface area contributed by atoms with E-state index in [0.717, 1.165) is 0 Å². The number of phenolic OH excluding ortho intramolecular Hbond substituents is 1. The van der Waals surface area contributed by atoms with Crippen molar-refractivity contribution >= 4 is 34.9 Å². The molecule has 58 heavy (non-hydrogen) atoms. The summed E-state index contributed by atoms with van der Waals surface area (Å²) in [4.78, 5) is 42.3. The summed E-state index contributed by atoms with van der Waals surface area (Å²) in [5, 5.41) is 37.3. The van der Waals surface area contributed by atoms with Gasteiger partial charge in [-0.05, 0) is 69.0 Å². The van der Waals surface area contributed by atoms with Crippen molar-refractivity contribution in [3.8, 4) is 34.8 Å². The lowest BCUT2D eigenvalue weighted by molar-refractivity contribution is -0.234. The molecule has 6 N–H and O–H groups in total. The molecule has 3 aliphatic carbocycles. The number of carbonyl (C=O) groups excluding carboxylic acids is 3. The number of Topliss-reactive ketones (excluding diaryl/α,β-unsaturated/α-hetero) is 1. The molecule has 2 aromatic rings. The van der Waals surface area contributed by atoms with Crippen LogP contribution < -0.4 is 25.3 Å². The molecule has 0 radical (unpaired) electrons. The van der Waals surface area contributed by atoms with Gasteiger partial charge in [-0.15, -0.1) is 0 Å². The first-order valence-electron chi connectivity index (χ1n) is 19.7. The molecule has 8 rings (SSSR count). The molecule has 15 heteroatoms. The highest BCUT2D eigenvalue weighted by atomic mass is 35.5. The Morgan fingerprint density at radius 3 is 2.62 bits per heavy atom. The van der Waals surface area contributed by atoms with Crippen molar-refractivity contribution in [2.45, 2.75) is 101 Å². The number of hydrogen-bond donors (Lipinski definition) is 5. The van der Waals surface area contributed by atoms with Crippen molar-refractivity contribution in [1.29, 1.82) is 0 Å². The number of hydrogen-bond acceptors (Lipinski definition) is 13. The monoisotopic (exact) mass is 821 g/mol. The van der Waals surface area contributed by atoms with Crippen LogP contribution in [0.1, 0.15) is 80.8 Å². The molecule has 0 saturated heterocycles. The smallest absolute Gasteiger partial charge is 0.307 e. The number of amides is 1. The van der Waals surface area contributed by atoms with Crippen LogP contribution in [0, 0.1) is 35.0 Å². The van der Waals surface area contributed by atoms with Crippen LogP contribution in [0.15, 0.2) is 36.6 Å². The van der Waals surface area contributed by atoms with Crippen LogP contribution >= 0.6 is 11.6 Å². The van der Waals surface area contributed by atoms with Gasteiger partial charge in [-0.25, -0.2) is 0 Å². The number of fused-ring (bicyclic) bond motifs is 9. The lowest BCUT2D eigenvalue weighted by Gasteiger charge is -2.53. The molecule has 2 fully saturated rings. The molecular weight excluding hydrogens is 770 g/mol. The minimum Gasteiger partial charge on any atom is -0.504 e. The number of aliphatic hydroxyl groups is 2. The van der Waals surface area contributed by atoms with Gasteiger partial charge in [-0.3, -0.25) is 14.4 Å². The van der Waals surface area contributed by atoms with E-state index in [4.69, 9.17) is 41.0 Å². The minimum absolute atomic E-state index is 0.0123. The topological polar surface area (TPSA) is 199 Å². The number of phenols is 1. The average molecular weight is 822 g/mol. The number of carbonyl (C=O) groups is 3. The molecule has 2 aromatic carbocycles. The lowest BCUT2D eigenvalue weighted by atomic mass is 9.68. The summed E-state index contributed by atoms with van der Waals surface area (Å²) in [5.74, 6) is 3.49. The molecule has 0 spiro atoms. The second-order valence-electron chi connectivity index (χ2n) is 17.1. The van der Waals surface area contributed by atoms with Crippen molar-refractivity contribution in [1.82, 2.24) is 4.90 Å². The van der Waals surface area contributed by atoms with Crippen molar-refractivity contribution in [2.24, 2.45) is 28.9 Å². The van der Waals surface area contributed by atoms with E-state index in [9.17, 15) is 29.7 Å². The number of methoxy groups -OCH3 is 1. The maximum Gasteiger partial charge on any atom is 0.307 e. The zero-order valence-corrected chi connectivity index (χ0v) is 34.1. The van der Waals surface area contributed by atoms with E-state index in [2.05, 4.69) is 23.7 Å². The maximum atomic E-state index is 14.4. The van der Waals surface area contributed by atoms with Crippen LogP contribution in [-0.2, 0) is 19.1 Å². The molecule has 14 nitrogen and oxygen atoms in total. The van der Waals surface area contributed by atoms with E-state index in [1.54, 1.807) is 6.07 Å². The summed E-state index contributed by atoms with van der Waals surface area (Å²) in [6.07, 6.45) is -2.11. The van der Waals surface area contributed by atoms with Gasteiger partial charge in [-0.2, -0.15) is 0 Å². The first-order chi connectivity index (χ1) is 27.4. The van der Waals surface area contributed by atoms with Gasteiger partial charge in [0.2, 0.25) is 0 Å². The van der Waals surface area contributed by atoms with Gasteiger partial charge < -0.3 is 55.0 Å². The van der Waals surface area contributed by atoms with Crippen molar-refractivity contribution in [2.75, 3.05) is 33.1 Å². The highest BCUT2D eigenvalue weighted by Gasteiger charge is 2.58. The van der Waals surface area contributed by atoms with Crippen LogP contribution in [0.2, 0.25) is 5.02 Å². The highest BCUT2D eigenvalue weighted by molar-refractivity contribution is 6.32. The van der Waals surface area contributed by atoms with E-state index >= 15 is 0 Å². The fourth-order valence-electron chi connectivity index (χ4n) is 9.77. The highest BCUT2D eigenvalue weighted by Crippen LogP contribution is 2.52. The summed E-state index contributed by atoms with van der Waals surface area (Å²) in [6.45, 7) is 7.50. The molecule has 1 amide bonds. The SMILES string of the molecule is C=C1Oc2cc(OC)cc(C(=O)C[C@H]3COC(=O)C[C@H](N)c4cc(O)c(c(Cl)c4)O[C@@H]4CC3C#CC3CCCC34O[C@@H]3CC(C)(C)[C@@H](N(C)C)[C@@H](O)[C@H]3O)c2NC1=O. The van der Waals surface area contributed by atoms with Crippen LogP contribution in [0.5, 0.6) is 23.0 Å². The van der Waals surface area contributed by atoms with E-state index in [-0.39, 0.29) is 71.2 Å². The zero-order valence-electron chi connectivity index (χ0n) is 33.4. The van der Waals surface area contributed by atoms with E-state index < -0.39 is 76.9 Å². The van der Waals surface area contributed by atoms with Crippen molar-refractivity contribution in [3.63, 3.8) is 0 Å². The number of ether oxygens (including phenoxy) is 5. The quantitative estimate of drug-likeness (QED) is 0.113. The Kier molecular flexibility index (Phi) is 11.5. The van der Waals surface area contributed by atoms with E-state index in [0.29, 0.717) is 37.0 Å². The minimum atomic E-state index is -1.24.